The molecular formula is C26H35BrN2O4. The second-order valence-electron chi connectivity index (χ2n) is 10.3. The Morgan fingerprint density at radius 3 is 2.42 bits per heavy atom. The molecule has 33 heavy (non-hydrogen) atoms. The number of ether oxygens (including phenoxy) is 2. The second kappa shape index (κ2) is 10.5. The molecule has 2 aromatic rings. The van der Waals surface area contributed by atoms with E-state index in [1.54, 1.807) is 6.20 Å². The maximum Gasteiger partial charge on any atom is 0.340 e. The zero-order valence-electron chi connectivity index (χ0n) is 20.2. The molecule has 3 rings (SSSR count). The van der Waals surface area contributed by atoms with Gasteiger partial charge in [0.15, 0.2) is 6.10 Å². The highest BCUT2D eigenvalue weighted by Gasteiger charge is 2.36. The van der Waals surface area contributed by atoms with Crippen LogP contribution in [0.15, 0.2) is 41.0 Å². The Bertz CT molecular complexity index is 947. The number of pyridine rings is 1. The summed E-state index contributed by atoms with van der Waals surface area (Å²) < 4.78 is 12.7. The van der Waals surface area contributed by atoms with Crippen LogP contribution < -0.4 is 4.90 Å². The van der Waals surface area contributed by atoms with Crippen molar-refractivity contribution in [3.63, 3.8) is 0 Å². The standard InChI is InChI=1S/C26H35BrN2O4/c1-25(2,3)33-23(24(31)32-17-18-9-7-6-8-10-18)21-20(16-30)28-15-19(27)22(21)29-13-11-26(4,5)12-14-29/h6-10,15,23,30H,11-14,16-17H2,1-5H3/t23-/m0/s1. The van der Waals surface area contributed by atoms with Gasteiger partial charge in [0.2, 0.25) is 0 Å². The first-order valence-corrected chi connectivity index (χ1v) is 12.2. The number of piperidine rings is 1. The average Bonchev–Trinajstić information content (AvgIpc) is 2.76. The van der Waals surface area contributed by atoms with E-state index in [1.807, 2.05) is 51.1 Å². The molecule has 7 heteroatoms. The topological polar surface area (TPSA) is 71.9 Å². The summed E-state index contributed by atoms with van der Waals surface area (Å²) in [7, 11) is 0. The number of halogens is 1. The Morgan fingerprint density at radius 2 is 1.85 bits per heavy atom. The lowest BCUT2D eigenvalue weighted by Crippen LogP contribution is -2.39. The van der Waals surface area contributed by atoms with Crippen molar-refractivity contribution in [1.29, 1.82) is 0 Å². The molecule has 1 fully saturated rings. The minimum atomic E-state index is -1.02. The molecule has 0 bridgehead atoms. The van der Waals surface area contributed by atoms with Gasteiger partial charge in [-0.25, -0.2) is 4.79 Å². The Labute approximate surface area is 205 Å². The summed E-state index contributed by atoms with van der Waals surface area (Å²) in [6.45, 7) is 11.8. The lowest BCUT2D eigenvalue weighted by Gasteiger charge is -2.40. The van der Waals surface area contributed by atoms with Gasteiger partial charge in [-0.3, -0.25) is 4.98 Å². The van der Waals surface area contributed by atoms with Gasteiger partial charge in [0.25, 0.3) is 0 Å². The highest BCUT2D eigenvalue weighted by Crippen LogP contribution is 2.42. The van der Waals surface area contributed by atoms with Gasteiger partial charge in [0.05, 0.1) is 28.1 Å². The van der Waals surface area contributed by atoms with Gasteiger partial charge >= 0.3 is 5.97 Å². The Hall–Kier alpha value is -1.96. The van der Waals surface area contributed by atoms with E-state index in [2.05, 4.69) is 39.7 Å². The molecule has 1 atom stereocenters. The van der Waals surface area contributed by atoms with E-state index >= 15 is 0 Å². The number of aliphatic hydroxyl groups excluding tert-OH is 1. The maximum absolute atomic E-state index is 13.4. The molecule has 0 amide bonds. The van der Waals surface area contributed by atoms with E-state index in [-0.39, 0.29) is 18.6 Å². The molecule has 1 aromatic carbocycles. The molecular weight excluding hydrogens is 484 g/mol. The van der Waals surface area contributed by atoms with Gasteiger partial charge < -0.3 is 19.5 Å². The van der Waals surface area contributed by atoms with E-state index < -0.39 is 17.7 Å². The first-order chi connectivity index (χ1) is 15.5. The van der Waals surface area contributed by atoms with Crippen LogP contribution >= 0.6 is 15.9 Å². The van der Waals surface area contributed by atoms with Crippen molar-refractivity contribution in [2.45, 2.75) is 72.4 Å². The summed E-state index contributed by atoms with van der Waals surface area (Å²) in [5.41, 5.74) is 2.38. The number of rotatable bonds is 7. The zero-order valence-corrected chi connectivity index (χ0v) is 21.8. The van der Waals surface area contributed by atoms with Gasteiger partial charge in [-0.05, 0) is 60.5 Å². The quantitative estimate of drug-likeness (QED) is 0.483. The average molecular weight is 519 g/mol. The van der Waals surface area contributed by atoms with Crippen LogP contribution in [0.25, 0.3) is 0 Å². The molecule has 0 unspecified atom stereocenters. The SMILES string of the molecule is CC1(C)CCN(c2c(Br)cnc(CO)c2[C@H](OC(C)(C)C)C(=O)OCc2ccccc2)CC1. The number of aromatic nitrogens is 1. The molecule has 1 aliphatic rings. The van der Waals surface area contributed by atoms with E-state index in [9.17, 15) is 9.90 Å². The second-order valence-corrected chi connectivity index (χ2v) is 11.2. The largest absolute Gasteiger partial charge is 0.459 e. The molecule has 0 saturated carbocycles. The number of hydrogen-bond acceptors (Lipinski definition) is 6. The third kappa shape index (κ3) is 6.78. The summed E-state index contributed by atoms with van der Waals surface area (Å²) in [6, 6.07) is 9.56. The fourth-order valence-corrected chi connectivity index (χ4v) is 4.54. The number of carbonyl (C=O) groups is 1. The number of hydrogen-bond donors (Lipinski definition) is 1. The molecule has 1 aliphatic heterocycles. The fraction of sp³-hybridized carbons (Fsp3) is 0.538. The summed E-state index contributed by atoms with van der Waals surface area (Å²) in [5.74, 6) is -0.498. The Balaban J connectivity index is 2.01. The zero-order chi connectivity index (χ0) is 24.2. The van der Waals surface area contributed by atoms with Gasteiger partial charge in [0.1, 0.15) is 6.61 Å². The minimum absolute atomic E-state index is 0.146. The van der Waals surface area contributed by atoms with E-state index in [4.69, 9.17) is 9.47 Å². The van der Waals surface area contributed by atoms with E-state index in [1.165, 1.54) is 0 Å². The van der Waals surface area contributed by atoms with Crippen molar-refractivity contribution < 1.29 is 19.4 Å². The van der Waals surface area contributed by atoms with Crippen LogP contribution in [-0.4, -0.2) is 34.8 Å². The predicted molar refractivity (Wildman–Crippen MR) is 133 cm³/mol. The van der Waals surface area contributed by atoms with E-state index in [0.29, 0.717) is 11.3 Å². The number of benzene rings is 1. The van der Waals surface area contributed by atoms with Gasteiger partial charge in [0, 0.05) is 24.8 Å². The van der Waals surface area contributed by atoms with Crippen LogP contribution in [0.1, 0.15) is 70.4 Å². The van der Waals surface area contributed by atoms with Crippen molar-refractivity contribution in [3.8, 4) is 0 Å². The molecule has 1 saturated heterocycles. The third-order valence-corrected chi connectivity index (χ3v) is 6.46. The first kappa shape index (κ1) is 25.7. The van der Waals surface area contributed by atoms with Crippen LogP contribution in [0.4, 0.5) is 5.69 Å². The molecule has 180 valence electrons. The number of esters is 1. The van der Waals surface area contributed by atoms with Crippen LogP contribution in [0.2, 0.25) is 0 Å². The highest BCUT2D eigenvalue weighted by molar-refractivity contribution is 9.10. The monoisotopic (exact) mass is 518 g/mol. The first-order valence-electron chi connectivity index (χ1n) is 11.4. The normalized spacial score (nSPS) is 17.0. The summed E-state index contributed by atoms with van der Waals surface area (Å²) >= 11 is 3.65. The third-order valence-electron chi connectivity index (χ3n) is 5.88. The van der Waals surface area contributed by atoms with Crippen LogP contribution in [0.3, 0.4) is 0 Å². The summed E-state index contributed by atoms with van der Waals surface area (Å²) in [5, 5.41) is 10.1. The van der Waals surface area contributed by atoms with Crippen molar-refractivity contribution in [1.82, 2.24) is 4.98 Å². The maximum atomic E-state index is 13.4. The van der Waals surface area contributed by atoms with Crippen molar-refractivity contribution >= 4 is 27.6 Å². The Morgan fingerprint density at radius 1 is 1.21 bits per heavy atom. The number of carbonyl (C=O) groups excluding carboxylic acids is 1. The number of aliphatic hydroxyl groups is 1. The van der Waals surface area contributed by atoms with Crippen LogP contribution in [0.5, 0.6) is 0 Å². The Kier molecular flexibility index (Phi) is 8.19. The van der Waals surface area contributed by atoms with Crippen LogP contribution in [0, 0.1) is 5.41 Å². The minimum Gasteiger partial charge on any atom is -0.459 e. The van der Waals surface area contributed by atoms with Gasteiger partial charge in [-0.1, -0.05) is 44.2 Å². The van der Waals surface area contributed by atoms with Gasteiger partial charge in [-0.2, -0.15) is 0 Å². The molecule has 0 radical (unpaired) electrons. The molecule has 6 nitrogen and oxygen atoms in total. The summed E-state index contributed by atoms with van der Waals surface area (Å²) in [6.07, 6.45) is 2.72. The summed E-state index contributed by atoms with van der Waals surface area (Å²) in [4.78, 5) is 20.1. The molecule has 0 aliphatic carbocycles. The van der Waals surface area contributed by atoms with E-state index in [0.717, 1.165) is 41.7 Å². The lowest BCUT2D eigenvalue weighted by atomic mass is 9.82. The smallest absolute Gasteiger partial charge is 0.340 e. The molecule has 2 heterocycles. The van der Waals surface area contributed by atoms with Crippen molar-refractivity contribution in [2.75, 3.05) is 18.0 Å². The predicted octanol–water partition coefficient (Wildman–Crippen LogP) is 5.56. The van der Waals surface area contributed by atoms with Crippen molar-refractivity contribution in [2.24, 2.45) is 5.41 Å². The highest BCUT2D eigenvalue weighted by atomic mass is 79.9. The molecule has 1 N–H and O–H groups in total. The number of anilines is 1. The molecule has 0 spiro atoms. The number of nitrogens with zero attached hydrogens (tertiary/aromatic N) is 2. The van der Waals surface area contributed by atoms with Gasteiger partial charge in [-0.15, -0.1) is 0 Å². The lowest BCUT2D eigenvalue weighted by molar-refractivity contribution is -0.168. The van der Waals surface area contributed by atoms with Crippen molar-refractivity contribution in [3.05, 3.63) is 57.8 Å². The molecule has 1 aromatic heterocycles. The fourth-order valence-electron chi connectivity index (χ4n) is 3.97. The van der Waals surface area contributed by atoms with Crippen LogP contribution in [-0.2, 0) is 27.5 Å².